The van der Waals surface area contributed by atoms with E-state index in [2.05, 4.69) is 10.2 Å². The number of nitrogens with zero attached hydrogens (tertiary/aromatic N) is 1. The molecule has 0 aliphatic carbocycles. The summed E-state index contributed by atoms with van der Waals surface area (Å²) in [6, 6.07) is 23.6. The van der Waals surface area contributed by atoms with Gasteiger partial charge in [0.15, 0.2) is 0 Å². The Balaban J connectivity index is 1.49. The Labute approximate surface area is 186 Å². The molecule has 0 aromatic heterocycles. The molecule has 6 nitrogen and oxygen atoms in total. The van der Waals surface area contributed by atoms with E-state index < -0.39 is 12.2 Å². The fraction of sp³-hybridized carbons (Fsp3) is 0.208. The number of rotatable bonds is 7. The largest absolute Gasteiger partial charge is 0.446 e. The molecule has 1 saturated heterocycles. The molecule has 0 saturated carbocycles. The Morgan fingerprint density at radius 1 is 0.903 bits per heavy atom. The number of halogens is 1. The average molecular weight is 439 g/mol. The van der Waals surface area contributed by atoms with Crippen LogP contribution in [0.1, 0.15) is 0 Å². The van der Waals surface area contributed by atoms with Crippen molar-refractivity contribution in [2.75, 3.05) is 36.5 Å². The van der Waals surface area contributed by atoms with Crippen LogP contribution in [-0.2, 0) is 9.53 Å². The fourth-order valence-corrected chi connectivity index (χ4v) is 3.52. The van der Waals surface area contributed by atoms with Crippen LogP contribution in [-0.4, -0.2) is 38.5 Å². The summed E-state index contributed by atoms with van der Waals surface area (Å²) in [5.74, 6) is 0.612. The second-order valence-corrected chi connectivity index (χ2v) is 7.36. The molecule has 160 valence electrons. The first-order chi connectivity index (χ1) is 15.2. The molecule has 1 aliphatic rings. The highest BCUT2D eigenvalue weighted by atomic mass is 35.5. The van der Waals surface area contributed by atoms with Gasteiger partial charge >= 0.3 is 12.2 Å². The maximum absolute atomic E-state index is 13.0. The van der Waals surface area contributed by atoms with Gasteiger partial charge in [0.1, 0.15) is 11.5 Å². The predicted molar refractivity (Wildman–Crippen MR) is 121 cm³/mol. The molecule has 0 spiro atoms. The number of carbonyl (C=O) groups excluding carboxylic acids is 1. The van der Waals surface area contributed by atoms with Crippen molar-refractivity contribution in [3.8, 4) is 11.5 Å². The van der Waals surface area contributed by atoms with Crippen LogP contribution in [0.15, 0.2) is 78.9 Å². The maximum Gasteiger partial charge on any atom is 0.321 e. The van der Waals surface area contributed by atoms with Gasteiger partial charge in [0.2, 0.25) is 0 Å². The van der Waals surface area contributed by atoms with Gasteiger partial charge in [0.25, 0.3) is 0 Å². The summed E-state index contributed by atoms with van der Waals surface area (Å²) in [5.41, 5.74) is 1.48. The van der Waals surface area contributed by atoms with Crippen molar-refractivity contribution in [2.45, 2.75) is 6.29 Å². The topological polar surface area (TPSA) is 60.0 Å². The smallest absolute Gasteiger partial charge is 0.321 e. The van der Waals surface area contributed by atoms with E-state index in [1.165, 1.54) is 0 Å². The number of para-hydroxylation sites is 2. The van der Waals surface area contributed by atoms with E-state index in [-0.39, 0.29) is 0 Å². The van der Waals surface area contributed by atoms with Crippen molar-refractivity contribution in [3.63, 3.8) is 0 Å². The molecule has 0 unspecified atom stereocenters. The minimum Gasteiger partial charge on any atom is -0.446 e. The van der Waals surface area contributed by atoms with Gasteiger partial charge in [-0.1, -0.05) is 48.0 Å². The molecule has 0 radical (unpaired) electrons. The summed E-state index contributed by atoms with van der Waals surface area (Å²) in [4.78, 5) is 15.2. The molecule has 3 aromatic rings. The first-order valence-electron chi connectivity index (χ1n) is 10.1. The number of morpholine rings is 1. The van der Waals surface area contributed by atoms with Crippen molar-refractivity contribution >= 4 is 28.9 Å². The number of hydrogen-bond acceptors (Lipinski definition) is 5. The molecule has 3 aromatic carbocycles. The van der Waals surface area contributed by atoms with Gasteiger partial charge in [0, 0.05) is 18.8 Å². The third-order valence-corrected chi connectivity index (χ3v) is 5.06. The third kappa shape index (κ3) is 5.69. The molecular weight excluding hydrogens is 416 g/mol. The summed E-state index contributed by atoms with van der Waals surface area (Å²) in [7, 11) is 0. The minimum absolute atomic E-state index is 0.442. The van der Waals surface area contributed by atoms with E-state index in [1.807, 2.05) is 48.5 Å². The van der Waals surface area contributed by atoms with Gasteiger partial charge < -0.3 is 24.4 Å². The van der Waals surface area contributed by atoms with Crippen molar-refractivity contribution in [3.05, 3.63) is 83.9 Å². The quantitative estimate of drug-likeness (QED) is 0.546. The van der Waals surface area contributed by atoms with E-state index in [4.69, 9.17) is 25.8 Å². The van der Waals surface area contributed by atoms with Crippen molar-refractivity contribution in [1.29, 1.82) is 0 Å². The number of hydrogen-bond donors (Lipinski definition) is 1. The average Bonchev–Trinajstić information content (AvgIpc) is 2.81. The lowest BCUT2D eigenvalue weighted by atomic mass is 10.2. The monoisotopic (exact) mass is 438 g/mol. The van der Waals surface area contributed by atoms with E-state index >= 15 is 0 Å². The number of carbonyl (C=O) groups is 1. The van der Waals surface area contributed by atoms with Gasteiger partial charge in [-0.15, -0.1) is 0 Å². The van der Waals surface area contributed by atoms with Crippen LogP contribution < -0.4 is 19.7 Å². The van der Waals surface area contributed by atoms with Crippen molar-refractivity contribution in [1.82, 2.24) is 0 Å². The molecule has 7 heteroatoms. The molecule has 1 aliphatic heterocycles. The lowest BCUT2D eigenvalue weighted by Gasteiger charge is -2.29. The van der Waals surface area contributed by atoms with Crippen LogP contribution in [0.3, 0.4) is 0 Å². The Morgan fingerprint density at radius 3 is 2.03 bits per heavy atom. The van der Waals surface area contributed by atoms with E-state index in [9.17, 15) is 4.79 Å². The van der Waals surface area contributed by atoms with Crippen molar-refractivity contribution in [2.24, 2.45) is 0 Å². The van der Waals surface area contributed by atoms with Gasteiger partial charge in [-0.25, -0.2) is 0 Å². The van der Waals surface area contributed by atoms with Gasteiger partial charge in [-0.2, -0.15) is 0 Å². The number of anilines is 2. The van der Waals surface area contributed by atoms with Gasteiger partial charge in [-0.3, -0.25) is 4.79 Å². The number of amides is 1. The zero-order chi connectivity index (χ0) is 21.5. The second kappa shape index (κ2) is 10.2. The summed E-state index contributed by atoms with van der Waals surface area (Å²) in [6.45, 7) is 2.90. The predicted octanol–water partition coefficient (Wildman–Crippen LogP) is 4.60. The third-order valence-electron chi connectivity index (χ3n) is 4.75. The van der Waals surface area contributed by atoms with Crippen LogP contribution in [0.4, 0.5) is 11.4 Å². The summed E-state index contributed by atoms with van der Waals surface area (Å²) in [5, 5.41) is 3.40. The Hall–Kier alpha value is -3.22. The zero-order valence-electron chi connectivity index (χ0n) is 16.9. The number of benzene rings is 3. The molecule has 31 heavy (non-hydrogen) atoms. The lowest BCUT2D eigenvalue weighted by molar-refractivity contribution is -0.134. The molecule has 0 bridgehead atoms. The molecule has 1 heterocycles. The first kappa shape index (κ1) is 21.0. The first-order valence-corrected chi connectivity index (χ1v) is 10.4. The highest BCUT2D eigenvalue weighted by Crippen LogP contribution is 2.29. The molecule has 1 fully saturated rings. The molecule has 4 rings (SSSR count). The minimum atomic E-state index is -1.18. The highest BCUT2D eigenvalue weighted by molar-refractivity contribution is 6.33. The maximum atomic E-state index is 13.0. The molecule has 1 amide bonds. The van der Waals surface area contributed by atoms with Crippen LogP contribution in [0, 0.1) is 0 Å². The standard InChI is InChI=1S/C24H23ClN2O4/c25-21-17-18(11-12-22(21)27-13-15-29-16-14-27)26-23(28)24(30-19-7-3-1-4-8-19)31-20-9-5-2-6-10-20/h1-12,17,24H,13-16H2,(H,26,28). The van der Waals surface area contributed by atoms with E-state index in [0.29, 0.717) is 35.4 Å². The van der Waals surface area contributed by atoms with Crippen LogP contribution in [0.2, 0.25) is 5.02 Å². The molecule has 0 atom stereocenters. The Morgan fingerprint density at radius 2 is 1.48 bits per heavy atom. The van der Waals surface area contributed by atoms with E-state index in [0.717, 1.165) is 18.8 Å². The zero-order valence-corrected chi connectivity index (χ0v) is 17.6. The van der Waals surface area contributed by atoms with Gasteiger partial charge in [-0.05, 0) is 42.5 Å². The molecule has 1 N–H and O–H groups in total. The summed E-state index contributed by atoms with van der Waals surface area (Å²) >= 11 is 6.49. The van der Waals surface area contributed by atoms with Gasteiger partial charge in [0.05, 0.1) is 23.9 Å². The SMILES string of the molecule is O=C(Nc1ccc(N2CCOCC2)c(Cl)c1)C(Oc1ccccc1)Oc1ccccc1. The fourth-order valence-electron chi connectivity index (χ4n) is 3.22. The van der Waals surface area contributed by atoms with Crippen LogP contribution >= 0.6 is 11.6 Å². The Kier molecular flexibility index (Phi) is 6.92. The second-order valence-electron chi connectivity index (χ2n) is 6.95. The van der Waals surface area contributed by atoms with E-state index in [1.54, 1.807) is 30.3 Å². The van der Waals surface area contributed by atoms with Crippen LogP contribution in [0.25, 0.3) is 0 Å². The highest BCUT2D eigenvalue weighted by Gasteiger charge is 2.23. The number of nitrogens with one attached hydrogen (secondary N) is 1. The summed E-state index contributed by atoms with van der Waals surface area (Å²) < 4.78 is 17.0. The van der Waals surface area contributed by atoms with Crippen LogP contribution in [0.5, 0.6) is 11.5 Å². The van der Waals surface area contributed by atoms with Crippen molar-refractivity contribution < 1.29 is 19.0 Å². The normalized spacial score (nSPS) is 13.7. The molecular formula is C24H23ClN2O4. The summed E-state index contributed by atoms with van der Waals surface area (Å²) in [6.07, 6.45) is -1.18. The lowest BCUT2D eigenvalue weighted by Crippen LogP contribution is -2.38. The Bertz CT molecular complexity index is 953. The number of ether oxygens (including phenoxy) is 3.